The Bertz CT molecular complexity index is 950. The first-order valence-electron chi connectivity index (χ1n) is 8.14. The zero-order valence-electron chi connectivity index (χ0n) is 14.5. The Morgan fingerprint density at radius 1 is 1.37 bits per heavy atom. The molecular weight excluding hydrogens is 388 g/mol. The topological polar surface area (TPSA) is 108 Å². The van der Waals surface area contributed by atoms with Gasteiger partial charge in [-0.3, -0.25) is 9.79 Å². The largest absolute Gasteiger partial charge is 0.379 e. The Morgan fingerprint density at radius 3 is 2.85 bits per heavy atom. The molecule has 0 saturated carbocycles. The summed E-state index contributed by atoms with van der Waals surface area (Å²) in [5, 5.41) is 12.5. The van der Waals surface area contributed by atoms with Crippen LogP contribution >= 0.6 is 23.4 Å². The highest BCUT2D eigenvalue weighted by atomic mass is 35.5. The average Bonchev–Trinajstić information content (AvgIpc) is 2.62. The monoisotopic (exact) mass is 405 g/mol. The van der Waals surface area contributed by atoms with Crippen molar-refractivity contribution in [1.29, 1.82) is 0 Å². The van der Waals surface area contributed by atoms with Crippen molar-refractivity contribution in [2.24, 2.45) is 10.7 Å². The van der Waals surface area contributed by atoms with Gasteiger partial charge in [-0.1, -0.05) is 35.5 Å². The molecule has 1 atom stereocenters. The van der Waals surface area contributed by atoms with E-state index in [0.717, 1.165) is 17.7 Å². The molecule has 140 valence electrons. The first-order chi connectivity index (χ1) is 12.8. The van der Waals surface area contributed by atoms with Crippen molar-refractivity contribution in [2.45, 2.75) is 18.9 Å². The number of amidine groups is 1. The van der Waals surface area contributed by atoms with Gasteiger partial charge in [-0.2, -0.15) is 0 Å². The van der Waals surface area contributed by atoms with Crippen LogP contribution in [-0.2, 0) is 5.54 Å². The van der Waals surface area contributed by atoms with Gasteiger partial charge in [-0.15, -0.1) is 0 Å². The first-order valence-corrected chi connectivity index (χ1v) is 9.50. The average molecular weight is 406 g/mol. The summed E-state index contributed by atoms with van der Waals surface area (Å²) in [5.74, 6) is 0.447. The van der Waals surface area contributed by atoms with Crippen molar-refractivity contribution in [3.8, 4) is 0 Å². The summed E-state index contributed by atoms with van der Waals surface area (Å²) >= 11 is 7.36. The minimum absolute atomic E-state index is 0.0459. The van der Waals surface area contributed by atoms with Crippen LogP contribution < -0.4 is 11.1 Å². The molecule has 1 aliphatic heterocycles. The predicted molar refractivity (Wildman–Crippen MR) is 107 cm³/mol. The highest BCUT2D eigenvalue weighted by molar-refractivity contribution is 8.13. The van der Waals surface area contributed by atoms with Crippen molar-refractivity contribution in [2.75, 3.05) is 11.1 Å². The van der Waals surface area contributed by atoms with E-state index in [-0.39, 0.29) is 21.2 Å². The number of thioether (sulfide) groups is 1. The normalized spacial score (nSPS) is 19.3. The maximum atomic E-state index is 12.5. The number of anilines is 1. The van der Waals surface area contributed by atoms with Gasteiger partial charge >= 0.3 is 5.69 Å². The summed E-state index contributed by atoms with van der Waals surface area (Å²) in [6.45, 7) is 2.01. The van der Waals surface area contributed by atoms with Crippen molar-refractivity contribution >= 4 is 45.8 Å². The molecule has 0 spiro atoms. The second-order valence-electron chi connectivity index (χ2n) is 6.30. The molecule has 4 N–H and O–H groups in total. The summed E-state index contributed by atoms with van der Waals surface area (Å²) < 4.78 is 0. The van der Waals surface area contributed by atoms with E-state index in [0.29, 0.717) is 10.9 Å². The number of carbonyl (C=O) groups is 1. The number of aliphatic imine (C=N–C) groups is 1. The predicted octanol–water partition coefficient (Wildman–Crippen LogP) is 4.06. The van der Waals surface area contributed by atoms with Crippen LogP contribution in [-0.4, -0.2) is 27.0 Å². The van der Waals surface area contributed by atoms with Gasteiger partial charge in [0.1, 0.15) is 5.02 Å². The van der Waals surface area contributed by atoms with Crippen molar-refractivity contribution in [3.05, 3.63) is 63.5 Å². The third kappa shape index (κ3) is 4.23. The molecule has 9 heteroatoms. The fourth-order valence-corrected chi connectivity index (χ4v) is 3.99. The second kappa shape index (κ2) is 7.58. The summed E-state index contributed by atoms with van der Waals surface area (Å²) in [6.07, 6.45) is 0.839. The van der Waals surface area contributed by atoms with Crippen LogP contribution in [0.25, 0.3) is 0 Å². The van der Waals surface area contributed by atoms with Gasteiger partial charge in [-0.25, -0.2) is 5.21 Å². The lowest BCUT2D eigenvalue weighted by molar-refractivity contribution is -0.729. The Hall–Kier alpha value is -2.58. The van der Waals surface area contributed by atoms with Gasteiger partial charge in [0, 0.05) is 23.1 Å². The van der Waals surface area contributed by atoms with Crippen molar-refractivity contribution in [1.82, 2.24) is 0 Å². The molecule has 0 radical (unpaired) electrons. The highest BCUT2D eigenvalue weighted by Gasteiger charge is 2.29. The molecule has 0 aromatic heterocycles. The quantitative estimate of drug-likeness (QED) is 0.665. The maximum absolute atomic E-state index is 12.5. The van der Waals surface area contributed by atoms with Gasteiger partial charge < -0.3 is 11.1 Å². The van der Waals surface area contributed by atoms with E-state index in [9.17, 15) is 9.70 Å². The number of benzene rings is 2. The van der Waals surface area contributed by atoms with Crippen LogP contribution in [0, 0.1) is 4.91 Å². The van der Waals surface area contributed by atoms with Crippen molar-refractivity contribution < 1.29 is 14.9 Å². The lowest BCUT2D eigenvalue weighted by atomic mass is 9.89. The molecule has 7 nitrogen and oxygen atoms in total. The number of nitrogens with one attached hydrogen (secondary N) is 1. The molecule has 0 aliphatic carbocycles. The van der Waals surface area contributed by atoms with E-state index in [1.165, 1.54) is 30.0 Å². The van der Waals surface area contributed by atoms with E-state index in [2.05, 4.69) is 10.3 Å². The minimum atomic E-state index is -0.441. The number of hydrogen-bond donors (Lipinski definition) is 3. The van der Waals surface area contributed by atoms with Crippen LogP contribution in [0.2, 0.25) is 5.02 Å². The number of amides is 1. The van der Waals surface area contributed by atoms with Gasteiger partial charge in [-0.05, 0) is 43.2 Å². The number of carbonyl (C=O) groups excluding carboxylic acids is 1. The minimum Gasteiger partial charge on any atom is -0.379 e. The van der Waals surface area contributed by atoms with E-state index in [1.807, 2.05) is 25.1 Å². The smallest absolute Gasteiger partial charge is 0.335 e. The maximum Gasteiger partial charge on any atom is 0.335 e. The number of nitrogens with two attached hydrogens (primary N) is 1. The van der Waals surface area contributed by atoms with Crippen LogP contribution in [0.1, 0.15) is 29.3 Å². The highest BCUT2D eigenvalue weighted by Crippen LogP contribution is 2.36. The number of nitrogens with zero attached hydrogens (tertiary/aromatic N) is 2. The van der Waals surface area contributed by atoms with Crippen LogP contribution in [0.5, 0.6) is 0 Å². The summed E-state index contributed by atoms with van der Waals surface area (Å²) in [6, 6.07) is 11.5. The van der Waals surface area contributed by atoms with Crippen LogP contribution in [0.15, 0.2) is 47.5 Å². The standard InChI is InChI=1S/C18H17ClN4O3S/c1-18(7-8-27-17(20)22-18)12-3-2-4-13(10-12)21-16(24)11-5-6-14(19)15(9-11)23(25)26/h2-6,9-10H,7-8H2,1H3,(H3-,20,21,22,24,25,26)/p+1. The van der Waals surface area contributed by atoms with E-state index < -0.39 is 11.4 Å². The summed E-state index contributed by atoms with van der Waals surface area (Å²) in [4.78, 5) is 27.8. The summed E-state index contributed by atoms with van der Waals surface area (Å²) in [5.41, 5.74) is 6.96. The molecule has 3 rings (SSSR count). The van der Waals surface area contributed by atoms with Gasteiger partial charge in [0.15, 0.2) is 5.17 Å². The lowest BCUT2D eigenvalue weighted by Crippen LogP contribution is -2.28. The van der Waals surface area contributed by atoms with Gasteiger partial charge in [0.25, 0.3) is 10.8 Å². The number of hydrogen-bond acceptors (Lipinski definition) is 5. The molecule has 1 unspecified atom stereocenters. The molecule has 1 heterocycles. The zero-order valence-corrected chi connectivity index (χ0v) is 16.0. The zero-order chi connectivity index (χ0) is 19.6. The fraction of sp³-hybridized carbons (Fsp3) is 0.222. The molecule has 2 aromatic rings. The molecular formula is C18H18ClN4O3S+. The molecule has 0 bridgehead atoms. The molecule has 1 aliphatic rings. The third-order valence-corrected chi connectivity index (χ3v) is 5.47. The van der Waals surface area contributed by atoms with E-state index in [1.54, 1.807) is 6.07 Å². The summed E-state index contributed by atoms with van der Waals surface area (Å²) in [7, 11) is 0. The number of rotatable bonds is 4. The second-order valence-corrected chi connectivity index (χ2v) is 7.82. The van der Waals surface area contributed by atoms with E-state index >= 15 is 0 Å². The van der Waals surface area contributed by atoms with Gasteiger partial charge in [0.05, 0.1) is 10.4 Å². The first kappa shape index (κ1) is 19.2. The Kier molecular flexibility index (Phi) is 5.38. The lowest BCUT2D eigenvalue weighted by Gasteiger charge is -2.30. The van der Waals surface area contributed by atoms with Gasteiger partial charge in [0.2, 0.25) is 0 Å². The Labute approximate surface area is 165 Å². The molecule has 2 aromatic carbocycles. The van der Waals surface area contributed by atoms with Crippen molar-refractivity contribution in [3.63, 3.8) is 0 Å². The number of halogens is 1. The Balaban J connectivity index is 1.85. The SMILES string of the molecule is CC1(c2cccc(NC(=O)c3ccc(Cl)c([N+](=O)O)c3)c2)CCSC(N)=N1. The molecule has 0 saturated heterocycles. The molecule has 0 fully saturated rings. The van der Waals surface area contributed by atoms with E-state index in [4.69, 9.17) is 22.5 Å². The molecule has 27 heavy (non-hydrogen) atoms. The van der Waals surface area contributed by atoms with Crippen LogP contribution in [0.3, 0.4) is 0 Å². The molecule has 1 amide bonds. The fourth-order valence-electron chi connectivity index (χ4n) is 2.83. The third-order valence-electron chi connectivity index (χ3n) is 4.35. The van der Waals surface area contributed by atoms with Crippen LogP contribution in [0.4, 0.5) is 11.4 Å². The Morgan fingerprint density at radius 2 is 2.15 bits per heavy atom.